The van der Waals surface area contributed by atoms with Crippen LogP contribution in [0.3, 0.4) is 0 Å². The van der Waals surface area contributed by atoms with Gasteiger partial charge in [-0.05, 0) is 56.6 Å². The number of ether oxygens (including phenoxy) is 2. The van der Waals surface area contributed by atoms with E-state index in [0.29, 0.717) is 17.9 Å². The summed E-state index contributed by atoms with van der Waals surface area (Å²) in [4.78, 5) is 12.8. The van der Waals surface area contributed by atoms with Crippen LogP contribution in [0.25, 0.3) is 0 Å². The Balaban J connectivity index is 1.63. The van der Waals surface area contributed by atoms with E-state index in [9.17, 15) is 9.90 Å². The highest BCUT2D eigenvalue weighted by atomic mass is 16.5. The molecule has 3 atom stereocenters. The maximum absolute atomic E-state index is 12.8. The van der Waals surface area contributed by atoms with Crippen molar-refractivity contribution in [1.29, 1.82) is 0 Å². The Labute approximate surface area is 172 Å². The second-order valence-corrected chi connectivity index (χ2v) is 7.30. The first-order valence-corrected chi connectivity index (χ1v) is 10.3. The normalized spacial score (nSPS) is 21.8. The van der Waals surface area contributed by atoms with Gasteiger partial charge in [-0.1, -0.05) is 30.7 Å². The first kappa shape index (κ1) is 21.1. The molecule has 2 aromatic carbocycles. The third-order valence-corrected chi connectivity index (χ3v) is 5.11. The van der Waals surface area contributed by atoms with Crippen LogP contribution in [0.15, 0.2) is 54.6 Å². The van der Waals surface area contributed by atoms with E-state index in [2.05, 4.69) is 10.6 Å². The summed E-state index contributed by atoms with van der Waals surface area (Å²) in [6.07, 6.45) is 2.26. The molecule has 0 radical (unpaired) electrons. The number of rotatable bonds is 8. The Morgan fingerprint density at radius 1 is 1.07 bits per heavy atom. The highest BCUT2D eigenvalue weighted by molar-refractivity contribution is 5.94. The van der Waals surface area contributed by atoms with E-state index in [1.54, 1.807) is 18.2 Å². The van der Waals surface area contributed by atoms with Gasteiger partial charge in [0.1, 0.15) is 30.3 Å². The Kier molecular flexibility index (Phi) is 7.90. The van der Waals surface area contributed by atoms with E-state index in [1.165, 1.54) is 0 Å². The molecule has 1 aliphatic carbocycles. The highest BCUT2D eigenvalue weighted by Gasteiger charge is 2.32. The smallest absolute Gasteiger partial charge is 0.251 e. The fraction of sp³-hybridized carbons (Fsp3) is 0.435. The van der Waals surface area contributed by atoms with E-state index in [4.69, 9.17) is 9.47 Å². The lowest BCUT2D eigenvalue weighted by atomic mass is 10.0. The van der Waals surface area contributed by atoms with Crippen molar-refractivity contribution in [2.45, 2.75) is 43.9 Å². The minimum absolute atomic E-state index is 0.214. The molecule has 1 aliphatic rings. The summed E-state index contributed by atoms with van der Waals surface area (Å²) in [7, 11) is 1.86. The molecule has 2 aromatic rings. The lowest BCUT2D eigenvalue weighted by Gasteiger charge is -2.28. The third kappa shape index (κ3) is 6.21. The van der Waals surface area contributed by atoms with Crippen LogP contribution in [0.5, 0.6) is 11.5 Å². The fourth-order valence-corrected chi connectivity index (χ4v) is 3.52. The van der Waals surface area contributed by atoms with E-state index >= 15 is 0 Å². The molecular formula is C23H30N2O4. The number of aliphatic hydroxyl groups is 1. The number of nitrogens with one attached hydrogen (secondary N) is 2. The van der Waals surface area contributed by atoms with Crippen LogP contribution >= 0.6 is 0 Å². The summed E-state index contributed by atoms with van der Waals surface area (Å²) in [6, 6.07) is 16.3. The van der Waals surface area contributed by atoms with Crippen LogP contribution < -0.4 is 20.1 Å². The second-order valence-electron chi connectivity index (χ2n) is 7.30. The molecule has 0 bridgehead atoms. The van der Waals surface area contributed by atoms with Crippen molar-refractivity contribution in [2.24, 2.45) is 0 Å². The molecule has 1 saturated carbocycles. The van der Waals surface area contributed by atoms with Crippen molar-refractivity contribution >= 4 is 5.91 Å². The third-order valence-electron chi connectivity index (χ3n) is 5.11. The van der Waals surface area contributed by atoms with Crippen molar-refractivity contribution < 1.29 is 19.4 Å². The number of hydrogen-bond acceptors (Lipinski definition) is 5. The molecule has 0 saturated heterocycles. The highest BCUT2D eigenvalue weighted by Crippen LogP contribution is 2.24. The van der Waals surface area contributed by atoms with Gasteiger partial charge in [0.2, 0.25) is 0 Å². The van der Waals surface area contributed by atoms with Crippen LogP contribution in [0.4, 0.5) is 0 Å². The Bertz CT molecular complexity index is 768. The number of amides is 1. The Hall–Kier alpha value is -2.57. The molecule has 0 aliphatic heterocycles. The molecule has 0 heterocycles. The van der Waals surface area contributed by atoms with Gasteiger partial charge in [-0.25, -0.2) is 0 Å². The summed E-state index contributed by atoms with van der Waals surface area (Å²) in [5.74, 6) is 1.17. The van der Waals surface area contributed by atoms with Crippen LogP contribution in [0, 0.1) is 0 Å². The van der Waals surface area contributed by atoms with E-state index in [-0.39, 0.29) is 18.1 Å². The van der Waals surface area contributed by atoms with Crippen molar-refractivity contribution in [1.82, 2.24) is 10.6 Å². The summed E-state index contributed by atoms with van der Waals surface area (Å²) >= 11 is 0. The molecule has 1 amide bonds. The zero-order chi connectivity index (χ0) is 20.5. The molecule has 1 fully saturated rings. The minimum atomic E-state index is -0.767. The van der Waals surface area contributed by atoms with Gasteiger partial charge in [-0.15, -0.1) is 0 Å². The Morgan fingerprint density at radius 3 is 2.62 bits per heavy atom. The van der Waals surface area contributed by atoms with Gasteiger partial charge in [-0.2, -0.15) is 0 Å². The average Bonchev–Trinajstić information content (AvgIpc) is 2.91. The standard InChI is InChI=1S/C23H30N2O4/c1-24-14-15-28-19-11-7-8-17(16-19)23(27)25-20-12-5-6-13-21(22(20)26)29-18-9-3-2-4-10-18/h2-4,7-11,16,20-22,24,26H,5-6,12-15H2,1H3,(H,25,27)/t20-,21-,22-/m1/s1. The predicted octanol–water partition coefficient (Wildman–Crippen LogP) is 2.77. The van der Waals surface area contributed by atoms with Crippen LogP contribution in [0.2, 0.25) is 0 Å². The first-order chi connectivity index (χ1) is 14.2. The van der Waals surface area contributed by atoms with Gasteiger partial charge >= 0.3 is 0 Å². The van der Waals surface area contributed by atoms with E-state index in [1.807, 2.05) is 43.4 Å². The number of para-hydroxylation sites is 1. The van der Waals surface area contributed by atoms with Crippen molar-refractivity contribution in [2.75, 3.05) is 20.2 Å². The van der Waals surface area contributed by atoms with E-state index < -0.39 is 6.10 Å². The first-order valence-electron chi connectivity index (χ1n) is 10.3. The molecule has 0 spiro atoms. The van der Waals surface area contributed by atoms with Gasteiger partial charge in [0, 0.05) is 12.1 Å². The second kappa shape index (κ2) is 10.8. The summed E-state index contributed by atoms with van der Waals surface area (Å²) in [5, 5.41) is 16.9. The fourth-order valence-electron chi connectivity index (χ4n) is 3.52. The molecule has 29 heavy (non-hydrogen) atoms. The molecule has 0 aromatic heterocycles. The molecule has 6 nitrogen and oxygen atoms in total. The number of aliphatic hydroxyl groups excluding tert-OH is 1. The van der Waals surface area contributed by atoms with Gasteiger partial charge in [-0.3, -0.25) is 4.79 Å². The number of carbonyl (C=O) groups is 1. The van der Waals surface area contributed by atoms with Gasteiger partial charge < -0.3 is 25.2 Å². The quantitative estimate of drug-likeness (QED) is 0.471. The van der Waals surface area contributed by atoms with Gasteiger partial charge in [0.15, 0.2) is 0 Å². The number of hydrogen-bond donors (Lipinski definition) is 3. The average molecular weight is 399 g/mol. The maximum Gasteiger partial charge on any atom is 0.251 e. The maximum atomic E-state index is 12.8. The molecule has 0 unspecified atom stereocenters. The monoisotopic (exact) mass is 398 g/mol. The topological polar surface area (TPSA) is 79.8 Å². The lowest BCUT2D eigenvalue weighted by molar-refractivity contribution is 0.0129. The summed E-state index contributed by atoms with van der Waals surface area (Å²) < 4.78 is 11.7. The van der Waals surface area contributed by atoms with Crippen LogP contribution in [-0.4, -0.2) is 49.5 Å². The molecular weight excluding hydrogens is 368 g/mol. The number of likely N-dealkylation sites (N-methyl/N-ethyl adjacent to an activating group) is 1. The zero-order valence-corrected chi connectivity index (χ0v) is 16.8. The van der Waals surface area contributed by atoms with Gasteiger partial charge in [0.25, 0.3) is 5.91 Å². The van der Waals surface area contributed by atoms with Crippen molar-refractivity contribution in [3.63, 3.8) is 0 Å². The molecule has 3 rings (SSSR count). The largest absolute Gasteiger partial charge is 0.492 e. The summed E-state index contributed by atoms with van der Waals surface area (Å²) in [6.45, 7) is 1.26. The van der Waals surface area contributed by atoms with Crippen LogP contribution in [-0.2, 0) is 0 Å². The van der Waals surface area contributed by atoms with Crippen LogP contribution in [0.1, 0.15) is 36.0 Å². The number of benzene rings is 2. The minimum Gasteiger partial charge on any atom is -0.492 e. The lowest BCUT2D eigenvalue weighted by Crippen LogP contribution is -2.49. The number of carbonyl (C=O) groups excluding carboxylic acids is 1. The van der Waals surface area contributed by atoms with Crippen molar-refractivity contribution in [3.05, 3.63) is 60.2 Å². The van der Waals surface area contributed by atoms with E-state index in [0.717, 1.165) is 38.0 Å². The van der Waals surface area contributed by atoms with Gasteiger partial charge in [0.05, 0.1) is 6.04 Å². The predicted molar refractivity (Wildman–Crippen MR) is 112 cm³/mol. The Morgan fingerprint density at radius 2 is 1.83 bits per heavy atom. The zero-order valence-electron chi connectivity index (χ0n) is 16.8. The molecule has 3 N–H and O–H groups in total. The summed E-state index contributed by atoms with van der Waals surface area (Å²) in [5.41, 5.74) is 0.518. The molecule has 156 valence electrons. The SMILES string of the molecule is CNCCOc1cccc(C(=O)N[C@@H]2CCCC[C@@H](Oc3ccccc3)[C@@H]2O)c1. The van der Waals surface area contributed by atoms with Crippen molar-refractivity contribution in [3.8, 4) is 11.5 Å². The molecule has 6 heteroatoms.